The summed E-state index contributed by atoms with van der Waals surface area (Å²) < 4.78 is 16.4. The van der Waals surface area contributed by atoms with Gasteiger partial charge in [0.1, 0.15) is 5.56 Å². The molecule has 4 rings (SSSR count). The van der Waals surface area contributed by atoms with E-state index in [1.54, 1.807) is 19.2 Å². The zero-order valence-corrected chi connectivity index (χ0v) is 17.5. The molecule has 2 atom stereocenters. The lowest BCUT2D eigenvalue weighted by Gasteiger charge is -2.42. The van der Waals surface area contributed by atoms with Crippen molar-refractivity contribution < 1.29 is 19.0 Å². The van der Waals surface area contributed by atoms with Gasteiger partial charge in [0.25, 0.3) is 5.91 Å². The van der Waals surface area contributed by atoms with Crippen LogP contribution in [0.2, 0.25) is 0 Å². The van der Waals surface area contributed by atoms with Crippen LogP contribution < -0.4 is 9.47 Å². The summed E-state index contributed by atoms with van der Waals surface area (Å²) in [6.45, 7) is 4.48. The Morgan fingerprint density at radius 3 is 2.77 bits per heavy atom. The Labute approximate surface area is 176 Å². The highest BCUT2D eigenvalue weighted by atomic mass is 16.5. The average Bonchev–Trinajstić information content (AvgIpc) is 3.00. The van der Waals surface area contributed by atoms with Crippen LogP contribution in [0, 0.1) is 5.92 Å². The summed E-state index contributed by atoms with van der Waals surface area (Å²) >= 11 is 0. The highest BCUT2D eigenvalue weighted by Gasteiger charge is 2.37. The van der Waals surface area contributed by atoms with Crippen molar-refractivity contribution in [2.24, 2.45) is 5.92 Å². The zero-order chi connectivity index (χ0) is 20.9. The van der Waals surface area contributed by atoms with Crippen LogP contribution in [0.4, 0.5) is 0 Å². The van der Waals surface area contributed by atoms with Gasteiger partial charge < -0.3 is 19.1 Å². The van der Waals surface area contributed by atoms with Gasteiger partial charge in [0, 0.05) is 56.6 Å². The van der Waals surface area contributed by atoms with Gasteiger partial charge in [-0.25, -0.2) is 0 Å². The molecule has 0 radical (unpaired) electrons. The second kappa shape index (κ2) is 9.40. The fraction of sp³-hybridized carbons (Fsp3) is 0.500. The van der Waals surface area contributed by atoms with Crippen molar-refractivity contribution in [3.63, 3.8) is 0 Å². The Morgan fingerprint density at radius 1 is 1.17 bits per heavy atom. The number of piperidine rings is 1. The Bertz CT molecular complexity index is 863. The Morgan fingerprint density at radius 2 is 2.00 bits per heavy atom. The van der Waals surface area contributed by atoms with Crippen LogP contribution in [0.3, 0.4) is 0 Å². The van der Waals surface area contributed by atoms with Crippen LogP contribution in [-0.2, 0) is 11.3 Å². The van der Waals surface area contributed by atoms with Crippen molar-refractivity contribution in [3.8, 4) is 11.8 Å². The maximum Gasteiger partial charge on any atom is 0.259 e. The third kappa shape index (κ3) is 4.39. The number of pyridine rings is 2. The number of ether oxygens (including phenoxy) is 3. The van der Waals surface area contributed by atoms with Crippen LogP contribution in [0.1, 0.15) is 22.3 Å². The van der Waals surface area contributed by atoms with Crippen LogP contribution >= 0.6 is 0 Å². The van der Waals surface area contributed by atoms with Crippen LogP contribution in [0.5, 0.6) is 11.8 Å². The van der Waals surface area contributed by atoms with E-state index in [9.17, 15) is 4.79 Å². The molecular formula is C22H28N4O4. The van der Waals surface area contributed by atoms with E-state index in [-0.39, 0.29) is 11.9 Å². The minimum atomic E-state index is -0.0607. The second-order valence-electron chi connectivity index (χ2n) is 7.68. The highest BCUT2D eigenvalue weighted by molar-refractivity contribution is 5.96. The van der Waals surface area contributed by atoms with Gasteiger partial charge in [-0.05, 0) is 30.2 Å². The maximum absolute atomic E-state index is 13.3. The third-order valence-electron chi connectivity index (χ3n) is 5.94. The SMILES string of the molecule is COc1ccc(C(=O)N2CC[C@@H]3COCCN(Cc4ccncc4)[C@@H]3C2)c(OC)n1. The van der Waals surface area contributed by atoms with Crippen molar-refractivity contribution >= 4 is 5.91 Å². The van der Waals surface area contributed by atoms with Gasteiger partial charge in [0.05, 0.1) is 27.4 Å². The number of rotatable bonds is 5. The maximum atomic E-state index is 13.3. The quantitative estimate of drug-likeness (QED) is 0.742. The molecule has 4 heterocycles. The summed E-state index contributed by atoms with van der Waals surface area (Å²) in [4.78, 5) is 26.0. The van der Waals surface area contributed by atoms with Gasteiger partial charge in [-0.2, -0.15) is 4.98 Å². The van der Waals surface area contributed by atoms with Gasteiger partial charge >= 0.3 is 0 Å². The van der Waals surface area contributed by atoms with Crippen molar-refractivity contribution in [2.45, 2.75) is 19.0 Å². The molecular weight excluding hydrogens is 384 g/mol. The molecule has 2 aromatic rings. The van der Waals surface area contributed by atoms with E-state index >= 15 is 0 Å². The standard InChI is InChI=1S/C22H28N4O4/c1-28-20-4-3-18(21(24-20)29-2)22(27)26-10-7-17-15-30-12-11-25(19(17)14-26)13-16-5-8-23-9-6-16/h3-6,8-9,17,19H,7,10-15H2,1-2H3/t17-,19-/m1/s1. The van der Waals surface area contributed by atoms with Gasteiger partial charge in [-0.15, -0.1) is 0 Å². The second-order valence-corrected chi connectivity index (χ2v) is 7.68. The monoisotopic (exact) mass is 412 g/mol. The van der Waals surface area contributed by atoms with Crippen LogP contribution in [-0.4, -0.2) is 78.8 Å². The molecule has 2 fully saturated rings. The van der Waals surface area contributed by atoms with E-state index in [2.05, 4.69) is 14.9 Å². The molecule has 0 spiro atoms. The minimum absolute atomic E-state index is 0.0607. The van der Waals surface area contributed by atoms with Gasteiger partial charge in [0.15, 0.2) is 0 Å². The first-order valence-corrected chi connectivity index (χ1v) is 10.3. The number of fused-ring (bicyclic) bond motifs is 1. The number of amides is 1. The van der Waals surface area contributed by atoms with E-state index in [4.69, 9.17) is 14.2 Å². The molecule has 30 heavy (non-hydrogen) atoms. The van der Waals surface area contributed by atoms with Crippen LogP contribution in [0.15, 0.2) is 36.7 Å². The molecule has 0 saturated carbocycles. The molecule has 160 valence electrons. The number of aromatic nitrogens is 2. The number of methoxy groups -OCH3 is 2. The number of nitrogens with zero attached hydrogens (tertiary/aromatic N) is 4. The summed E-state index contributed by atoms with van der Waals surface area (Å²) in [6.07, 6.45) is 4.55. The lowest BCUT2D eigenvalue weighted by Crippen LogP contribution is -2.54. The number of carbonyl (C=O) groups excluding carboxylic acids is 1. The molecule has 2 aromatic heterocycles. The van der Waals surface area contributed by atoms with E-state index in [1.165, 1.54) is 12.7 Å². The fourth-order valence-corrected chi connectivity index (χ4v) is 4.30. The Hall–Kier alpha value is -2.71. The summed E-state index contributed by atoms with van der Waals surface area (Å²) in [5.41, 5.74) is 1.68. The van der Waals surface area contributed by atoms with E-state index in [0.29, 0.717) is 42.9 Å². The first-order chi connectivity index (χ1) is 14.7. The minimum Gasteiger partial charge on any atom is -0.481 e. The number of carbonyl (C=O) groups is 1. The Kier molecular flexibility index (Phi) is 6.44. The molecule has 0 unspecified atom stereocenters. The normalized spacial score (nSPS) is 22.1. The topological polar surface area (TPSA) is 77.0 Å². The molecule has 8 nitrogen and oxygen atoms in total. The fourth-order valence-electron chi connectivity index (χ4n) is 4.30. The lowest BCUT2D eigenvalue weighted by atomic mass is 9.90. The van der Waals surface area contributed by atoms with Crippen molar-refractivity contribution in [1.29, 1.82) is 0 Å². The summed E-state index contributed by atoms with van der Waals surface area (Å²) in [6, 6.07) is 7.75. The van der Waals surface area contributed by atoms with E-state index in [1.807, 2.05) is 29.4 Å². The summed E-state index contributed by atoms with van der Waals surface area (Å²) in [5.74, 6) is 1.06. The molecule has 2 aliphatic heterocycles. The van der Waals surface area contributed by atoms with Gasteiger partial charge in [-0.1, -0.05) is 0 Å². The van der Waals surface area contributed by atoms with Crippen LogP contribution in [0.25, 0.3) is 0 Å². The number of hydrogen-bond acceptors (Lipinski definition) is 7. The van der Waals surface area contributed by atoms with Gasteiger partial charge in [-0.3, -0.25) is 14.7 Å². The average molecular weight is 412 g/mol. The molecule has 0 aliphatic carbocycles. The molecule has 0 bridgehead atoms. The molecule has 2 saturated heterocycles. The number of hydrogen-bond donors (Lipinski definition) is 0. The largest absolute Gasteiger partial charge is 0.481 e. The van der Waals surface area contributed by atoms with E-state index < -0.39 is 0 Å². The molecule has 2 aliphatic rings. The Balaban J connectivity index is 1.53. The first kappa shape index (κ1) is 20.6. The third-order valence-corrected chi connectivity index (χ3v) is 5.94. The molecule has 8 heteroatoms. The predicted molar refractivity (Wildman–Crippen MR) is 111 cm³/mol. The number of likely N-dealkylation sites (tertiary alicyclic amines) is 1. The van der Waals surface area contributed by atoms with Crippen molar-refractivity contribution in [3.05, 3.63) is 47.8 Å². The molecule has 1 amide bonds. The van der Waals surface area contributed by atoms with Gasteiger partial charge in [0.2, 0.25) is 11.8 Å². The van der Waals surface area contributed by atoms with E-state index in [0.717, 1.165) is 26.1 Å². The zero-order valence-electron chi connectivity index (χ0n) is 17.5. The molecule has 0 aromatic carbocycles. The first-order valence-electron chi connectivity index (χ1n) is 10.3. The highest BCUT2D eigenvalue weighted by Crippen LogP contribution is 2.29. The summed E-state index contributed by atoms with van der Waals surface area (Å²) in [5, 5.41) is 0. The molecule has 0 N–H and O–H groups in total. The van der Waals surface area contributed by atoms with Crippen molar-refractivity contribution in [1.82, 2.24) is 19.8 Å². The predicted octanol–water partition coefficient (Wildman–Crippen LogP) is 1.86. The smallest absolute Gasteiger partial charge is 0.259 e. The van der Waals surface area contributed by atoms with Crippen molar-refractivity contribution in [2.75, 3.05) is 47.1 Å². The summed E-state index contributed by atoms with van der Waals surface area (Å²) in [7, 11) is 3.06. The lowest BCUT2D eigenvalue weighted by molar-refractivity contribution is 0.0368.